The minimum atomic E-state index is -0.195. The second-order valence-corrected chi connectivity index (χ2v) is 6.32. The number of tetrazole rings is 1. The summed E-state index contributed by atoms with van der Waals surface area (Å²) in [5.41, 5.74) is 0. The van der Waals surface area contributed by atoms with E-state index >= 15 is 0 Å². The van der Waals surface area contributed by atoms with Crippen LogP contribution in [0.2, 0.25) is 0 Å². The zero-order valence-corrected chi connectivity index (χ0v) is 12.4. The summed E-state index contributed by atoms with van der Waals surface area (Å²) in [4.78, 5) is 11.5. The fraction of sp³-hybridized carbons (Fsp3) is 0.833. The Morgan fingerprint density at radius 2 is 2.11 bits per heavy atom. The van der Waals surface area contributed by atoms with Crippen LogP contribution in [-0.4, -0.2) is 38.5 Å². The van der Waals surface area contributed by atoms with Crippen molar-refractivity contribution in [3.63, 3.8) is 0 Å². The number of rotatable bonds is 5. The van der Waals surface area contributed by atoms with Crippen LogP contribution in [0, 0.1) is 5.92 Å². The number of esters is 1. The molecule has 1 fully saturated rings. The largest absolute Gasteiger partial charge is 0.469 e. The second kappa shape index (κ2) is 6.36. The summed E-state index contributed by atoms with van der Waals surface area (Å²) < 4.78 is 6.69. The van der Waals surface area contributed by atoms with Crippen molar-refractivity contribution in [1.82, 2.24) is 20.2 Å². The van der Waals surface area contributed by atoms with Gasteiger partial charge >= 0.3 is 5.97 Å². The lowest BCUT2D eigenvalue weighted by molar-refractivity contribution is -0.144. The van der Waals surface area contributed by atoms with Crippen molar-refractivity contribution < 1.29 is 9.53 Å². The Balaban J connectivity index is 2.02. The predicted molar refractivity (Wildman–Crippen MR) is 71.8 cm³/mol. The third-order valence-electron chi connectivity index (χ3n) is 3.70. The number of carbonyl (C=O) groups excluding carboxylic acids is 1. The molecular formula is C12H20N4O2S. The highest BCUT2D eigenvalue weighted by molar-refractivity contribution is 7.99. The average Bonchev–Trinajstić information content (AvgIpc) is 3.06. The van der Waals surface area contributed by atoms with Gasteiger partial charge in [0.2, 0.25) is 5.16 Å². The molecule has 1 aliphatic carbocycles. The fourth-order valence-electron chi connectivity index (χ4n) is 2.29. The molecule has 106 valence electrons. The number of nitrogens with zero attached hydrogens (tertiary/aromatic N) is 4. The molecule has 0 aromatic carbocycles. The lowest BCUT2D eigenvalue weighted by Crippen LogP contribution is -2.22. The van der Waals surface area contributed by atoms with Gasteiger partial charge in [-0.25, -0.2) is 4.68 Å². The van der Waals surface area contributed by atoms with Crippen LogP contribution in [0.4, 0.5) is 0 Å². The van der Waals surface area contributed by atoms with E-state index in [9.17, 15) is 4.79 Å². The first-order chi connectivity index (χ1) is 9.13. The number of hydrogen-bond acceptors (Lipinski definition) is 6. The van der Waals surface area contributed by atoms with Crippen molar-refractivity contribution in [3.8, 4) is 0 Å². The molecule has 1 aliphatic rings. The molecule has 2 rings (SSSR count). The maximum atomic E-state index is 11.5. The maximum Gasteiger partial charge on any atom is 0.309 e. The van der Waals surface area contributed by atoms with Gasteiger partial charge in [0.15, 0.2) is 0 Å². The molecule has 0 spiro atoms. The molecule has 1 saturated carbocycles. The van der Waals surface area contributed by atoms with Crippen LogP contribution in [0.1, 0.15) is 45.6 Å². The molecule has 0 aliphatic heterocycles. The predicted octanol–water partition coefficient (Wildman–Crippen LogP) is 2.08. The van der Waals surface area contributed by atoms with Gasteiger partial charge in [-0.1, -0.05) is 38.5 Å². The summed E-state index contributed by atoms with van der Waals surface area (Å²) >= 11 is 1.54. The highest BCUT2D eigenvalue weighted by atomic mass is 32.2. The van der Waals surface area contributed by atoms with Crippen molar-refractivity contribution in [2.45, 2.75) is 56.0 Å². The Hall–Kier alpha value is -1.11. The van der Waals surface area contributed by atoms with Crippen LogP contribution < -0.4 is 0 Å². The number of thioether (sulfide) groups is 1. The van der Waals surface area contributed by atoms with Crippen molar-refractivity contribution in [2.75, 3.05) is 7.11 Å². The quantitative estimate of drug-likeness (QED) is 0.609. The van der Waals surface area contributed by atoms with E-state index in [1.165, 1.54) is 20.0 Å². The van der Waals surface area contributed by atoms with Crippen LogP contribution in [0.25, 0.3) is 0 Å². The summed E-state index contributed by atoms with van der Waals surface area (Å²) in [7, 11) is 1.42. The van der Waals surface area contributed by atoms with Gasteiger partial charge in [-0.15, -0.1) is 5.10 Å². The monoisotopic (exact) mass is 284 g/mol. The molecule has 0 N–H and O–H groups in total. The first kappa shape index (κ1) is 14.3. The van der Waals surface area contributed by atoms with Gasteiger partial charge in [-0.2, -0.15) is 0 Å². The van der Waals surface area contributed by atoms with Crippen molar-refractivity contribution in [2.24, 2.45) is 5.92 Å². The van der Waals surface area contributed by atoms with Gasteiger partial charge < -0.3 is 4.74 Å². The van der Waals surface area contributed by atoms with Gasteiger partial charge in [0.1, 0.15) is 0 Å². The number of aromatic nitrogens is 4. The smallest absolute Gasteiger partial charge is 0.309 e. The highest BCUT2D eigenvalue weighted by Crippen LogP contribution is 2.33. The Morgan fingerprint density at radius 3 is 2.74 bits per heavy atom. The Labute approximate surface area is 117 Å². The van der Waals surface area contributed by atoms with E-state index < -0.39 is 0 Å². The zero-order valence-electron chi connectivity index (χ0n) is 11.6. The minimum Gasteiger partial charge on any atom is -0.469 e. The molecule has 0 bridgehead atoms. The first-order valence-electron chi connectivity index (χ1n) is 6.65. The fourth-order valence-corrected chi connectivity index (χ4v) is 3.31. The molecule has 1 heterocycles. The zero-order chi connectivity index (χ0) is 13.8. The van der Waals surface area contributed by atoms with Crippen LogP contribution in [-0.2, 0) is 9.53 Å². The Bertz CT molecular complexity index is 431. The second-order valence-electron chi connectivity index (χ2n) is 4.98. The summed E-state index contributed by atoms with van der Waals surface area (Å²) in [5, 5.41) is 12.8. The standard InChI is InChI=1S/C12H20N4O2S/c1-8(11(17)18-3)9(2)19-12-13-14-15-16(12)10-6-4-5-7-10/h8-10H,4-7H2,1-3H3. The molecule has 7 heteroatoms. The van der Waals surface area contributed by atoms with Crippen LogP contribution >= 0.6 is 11.8 Å². The van der Waals surface area contributed by atoms with Gasteiger partial charge in [0, 0.05) is 5.25 Å². The SMILES string of the molecule is COC(=O)C(C)C(C)Sc1nnnn1C1CCCC1. The van der Waals surface area contributed by atoms with Gasteiger partial charge in [-0.3, -0.25) is 4.79 Å². The molecule has 0 radical (unpaired) electrons. The molecule has 0 amide bonds. The van der Waals surface area contributed by atoms with E-state index in [-0.39, 0.29) is 17.1 Å². The molecule has 1 aromatic rings. The maximum absolute atomic E-state index is 11.5. The lowest BCUT2D eigenvalue weighted by Gasteiger charge is -2.17. The van der Waals surface area contributed by atoms with Gasteiger partial charge in [0.25, 0.3) is 0 Å². The van der Waals surface area contributed by atoms with Crippen LogP contribution in [0.3, 0.4) is 0 Å². The van der Waals surface area contributed by atoms with E-state index in [1.54, 1.807) is 11.8 Å². The molecular weight excluding hydrogens is 264 g/mol. The highest BCUT2D eigenvalue weighted by Gasteiger charge is 2.26. The molecule has 0 saturated heterocycles. The Kier molecular flexibility index (Phi) is 4.79. The number of carbonyl (C=O) groups is 1. The number of ether oxygens (including phenoxy) is 1. The van der Waals surface area contributed by atoms with Crippen molar-refractivity contribution >= 4 is 17.7 Å². The average molecular weight is 284 g/mol. The molecule has 1 aromatic heterocycles. The topological polar surface area (TPSA) is 69.9 Å². The third kappa shape index (κ3) is 3.26. The molecule has 19 heavy (non-hydrogen) atoms. The minimum absolute atomic E-state index is 0.0820. The van der Waals surface area contributed by atoms with E-state index in [0.29, 0.717) is 6.04 Å². The van der Waals surface area contributed by atoms with E-state index in [0.717, 1.165) is 18.0 Å². The number of hydrogen-bond donors (Lipinski definition) is 0. The summed E-state index contributed by atoms with van der Waals surface area (Å²) in [6.07, 6.45) is 4.75. The summed E-state index contributed by atoms with van der Waals surface area (Å²) in [5.74, 6) is -0.372. The number of methoxy groups -OCH3 is 1. The third-order valence-corrected chi connectivity index (χ3v) is 4.96. The molecule has 2 atom stereocenters. The van der Waals surface area contributed by atoms with E-state index in [1.807, 2.05) is 18.5 Å². The van der Waals surface area contributed by atoms with Gasteiger partial charge in [0.05, 0.1) is 19.1 Å². The summed E-state index contributed by atoms with van der Waals surface area (Å²) in [6.45, 7) is 3.87. The van der Waals surface area contributed by atoms with E-state index in [2.05, 4.69) is 15.5 Å². The van der Waals surface area contributed by atoms with Crippen molar-refractivity contribution in [3.05, 3.63) is 0 Å². The first-order valence-corrected chi connectivity index (χ1v) is 7.53. The molecule has 2 unspecified atom stereocenters. The lowest BCUT2D eigenvalue weighted by atomic mass is 10.1. The van der Waals surface area contributed by atoms with E-state index in [4.69, 9.17) is 4.74 Å². The summed E-state index contributed by atoms with van der Waals surface area (Å²) in [6, 6.07) is 0.415. The van der Waals surface area contributed by atoms with Crippen molar-refractivity contribution in [1.29, 1.82) is 0 Å². The van der Waals surface area contributed by atoms with Gasteiger partial charge in [-0.05, 0) is 23.3 Å². The van der Waals surface area contributed by atoms with Crippen LogP contribution in [0.5, 0.6) is 0 Å². The molecule has 6 nitrogen and oxygen atoms in total. The normalized spacial score (nSPS) is 19.3. The van der Waals surface area contributed by atoms with Crippen LogP contribution in [0.15, 0.2) is 5.16 Å². The Morgan fingerprint density at radius 1 is 1.42 bits per heavy atom.